The molecule has 7 heteroatoms. The normalized spacial score (nSPS) is 11.8. The quantitative estimate of drug-likeness (QED) is 0.520. The highest BCUT2D eigenvalue weighted by atomic mass is 35.5. The Bertz CT molecular complexity index is 1150. The minimum absolute atomic E-state index is 0.0586. The minimum Gasteiger partial charge on any atom is -0.313 e. The second kappa shape index (κ2) is 8.14. The van der Waals surface area contributed by atoms with Gasteiger partial charge in [0.25, 0.3) is 0 Å². The molecule has 0 aliphatic rings. The molecule has 0 fully saturated rings. The first-order valence-electron chi connectivity index (χ1n) is 9.21. The number of aromatic nitrogens is 1. The van der Waals surface area contributed by atoms with Crippen LogP contribution in [0.1, 0.15) is 29.4 Å². The first kappa shape index (κ1) is 21.3. The second-order valence-electron chi connectivity index (χ2n) is 6.93. The van der Waals surface area contributed by atoms with E-state index in [0.29, 0.717) is 17.0 Å². The highest BCUT2D eigenvalue weighted by Gasteiger charge is 2.20. The van der Waals surface area contributed by atoms with Gasteiger partial charge in [0.15, 0.2) is 5.78 Å². The number of sulfonamides is 1. The molecule has 29 heavy (non-hydrogen) atoms. The molecule has 2 aromatic carbocycles. The minimum atomic E-state index is -3.51. The van der Waals surface area contributed by atoms with E-state index >= 15 is 0 Å². The van der Waals surface area contributed by atoms with Gasteiger partial charge in [-0.15, -0.1) is 0 Å². The van der Waals surface area contributed by atoms with Crippen LogP contribution in [0.5, 0.6) is 0 Å². The average Bonchev–Trinajstić information content (AvgIpc) is 3.05. The molecule has 0 bridgehead atoms. The topological polar surface area (TPSA) is 59.4 Å². The van der Waals surface area contributed by atoms with Crippen molar-refractivity contribution in [2.75, 3.05) is 14.1 Å². The van der Waals surface area contributed by atoms with E-state index in [1.165, 1.54) is 18.4 Å². The van der Waals surface area contributed by atoms with Crippen molar-refractivity contribution in [1.82, 2.24) is 8.87 Å². The third kappa shape index (κ3) is 4.01. The molecule has 1 heterocycles. The van der Waals surface area contributed by atoms with E-state index in [1.54, 1.807) is 36.4 Å². The summed E-state index contributed by atoms with van der Waals surface area (Å²) in [6, 6.07) is 16.0. The fourth-order valence-corrected chi connectivity index (χ4v) is 4.25. The lowest BCUT2D eigenvalue weighted by Gasteiger charge is -2.15. The van der Waals surface area contributed by atoms with E-state index in [0.717, 1.165) is 22.6 Å². The Hall–Kier alpha value is -2.41. The molecule has 0 unspecified atom stereocenters. The van der Waals surface area contributed by atoms with Gasteiger partial charge in [-0.3, -0.25) is 4.79 Å². The van der Waals surface area contributed by atoms with Crippen molar-refractivity contribution >= 4 is 27.4 Å². The van der Waals surface area contributed by atoms with Crippen molar-refractivity contribution in [3.8, 4) is 16.9 Å². The number of carbonyl (C=O) groups excluding carboxylic acids is 1. The van der Waals surface area contributed by atoms with Gasteiger partial charge in [0, 0.05) is 42.5 Å². The zero-order chi connectivity index (χ0) is 21.3. The fraction of sp³-hybridized carbons (Fsp3) is 0.227. The molecule has 0 aliphatic heterocycles. The summed E-state index contributed by atoms with van der Waals surface area (Å²) >= 11 is 6.03. The highest BCUT2D eigenvalue weighted by molar-refractivity contribution is 7.89. The van der Waals surface area contributed by atoms with Crippen molar-refractivity contribution in [2.24, 2.45) is 0 Å². The summed E-state index contributed by atoms with van der Waals surface area (Å²) in [5, 5.41) is 0.631. The molecule has 1 aromatic heterocycles. The standard InChI is InChI=1S/C22H23ClN2O3S/c1-5-22(26)20-14-21(16-6-8-17(23)9-7-16)25(15(20)2)18-10-12-19(13-11-18)29(27,28)24(3)4/h6-14H,5H2,1-4H3. The summed E-state index contributed by atoms with van der Waals surface area (Å²) in [5.41, 5.74) is 4.00. The number of Topliss-reactive ketones (excluding diaryl/α,β-unsaturated/α-hetero) is 1. The molecule has 0 N–H and O–H groups in total. The molecule has 152 valence electrons. The van der Waals surface area contributed by atoms with E-state index in [4.69, 9.17) is 11.6 Å². The van der Waals surface area contributed by atoms with Crippen LogP contribution >= 0.6 is 11.6 Å². The van der Waals surface area contributed by atoms with Crippen LogP contribution in [0.4, 0.5) is 0 Å². The summed E-state index contributed by atoms with van der Waals surface area (Å²) in [5.74, 6) is 0.0586. The van der Waals surface area contributed by atoms with E-state index in [9.17, 15) is 13.2 Å². The van der Waals surface area contributed by atoms with Crippen LogP contribution in [0.3, 0.4) is 0 Å². The van der Waals surface area contributed by atoms with E-state index in [2.05, 4.69) is 0 Å². The number of carbonyl (C=O) groups is 1. The molecule has 3 aromatic rings. The lowest BCUT2D eigenvalue weighted by Crippen LogP contribution is -2.22. The van der Waals surface area contributed by atoms with Gasteiger partial charge in [0.1, 0.15) is 0 Å². The Morgan fingerprint density at radius 3 is 2.14 bits per heavy atom. The zero-order valence-corrected chi connectivity index (χ0v) is 18.4. The van der Waals surface area contributed by atoms with Crippen LogP contribution in [-0.2, 0) is 10.0 Å². The van der Waals surface area contributed by atoms with Crippen molar-refractivity contribution < 1.29 is 13.2 Å². The Balaban J connectivity index is 2.19. The number of benzene rings is 2. The summed E-state index contributed by atoms with van der Waals surface area (Å²) in [6.07, 6.45) is 0.408. The van der Waals surface area contributed by atoms with Crippen LogP contribution in [0.25, 0.3) is 16.9 Å². The first-order valence-corrected chi connectivity index (χ1v) is 11.0. The maximum Gasteiger partial charge on any atom is 0.242 e. The molecule has 0 amide bonds. The third-order valence-corrected chi connectivity index (χ3v) is 6.96. The molecule has 0 saturated heterocycles. The van der Waals surface area contributed by atoms with Gasteiger partial charge in [-0.2, -0.15) is 0 Å². The lowest BCUT2D eigenvalue weighted by atomic mass is 10.1. The van der Waals surface area contributed by atoms with Crippen LogP contribution < -0.4 is 0 Å². The Kier molecular flexibility index (Phi) is 5.98. The van der Waals surface area contributed by atoms with Crippen LogP contribution in [0.15, 0.2) is 59.5 Å². The Morgan fingerprint density at radius 2 is 1.62 bits per heavy atom. The van der Waals surface area contributed by atoms with E-state index in [-0.39, 0.29) is 10.7 Å². The molecule has 0 spiro atoms. The Labute approximate surface area is 176 Å². The van der Waals surface area contributed by atoms with Crippen molar-refractivity contribution in [2.45, 2.75) is 25.2 Å². The van der Waals surface area contributed by atoms with E-state index < -0.39 is 10.0 Å². The monoisotopic (exact) mass is 430 g/mol. The van der Waals surface area contributed by atoms with Gasteiger partial charge in [0.05, 0.1) is 10.6 Å². The summed E-state index contributed by atoms with van der Waals surface area (Å²) in [7, 11) is -0.509. The average molecular weight is 431 g/mol. The number of halogens is 1. The first-order chi connectivity index (χ1) is 13.7. The predicted molar refractivity (Wildman–Crippen MR) is 116 cm³/mol. The SMILES string of the molecule is CCC(=O)c1cc(-c2ccc(Cl)cc2)n(-c2ccc(S(=O)(=O)N(C)C)cc2)c1C. The second-order valence-corrected chi connectivity index (χ2v) is 9.52. The predicted octanol–water partition coefficient (Wildman–Crippen LogP) is 4.95. The fourth-order valence-electron chi connectivity index (χ4n) is 3.22. The molecule has 0 saturated carbocycles. The summed E-state index contributed by atoms with van der Waals surface area (Å²) < 4.78 is 27.9. The van der Waals surface area contributed by atoms with Gasteiger partial charge in [-0.1, -0.05) is 30.7 Å². The van der Waals surface area contributed by atoms with Crippen molar-refractivity contribution in [1.29, 1.82) is 0 Å². The zero-order valence-electron chi connectivity index (χ0n) is 16.8. The summed E-state index contributed by atoms with van der Waals surface area (Å²) in [6.45, 7) is 3.73. The van der Waals surface area contributed by atoms with Crippen molar-refractivity contribution in [3.63, 3.8) is 0 Å². The van der Waals surface area contributed by atoms with Gasteiger partial charge in [-0.25, -0.2) is 12.7 Å². The number of ketones is 1. The van der Waals surface area contributed by atoms with Crippen molar-refractivity contribution in [3.05, 3.63) is 70.9 Å². The van der Waals surface area contributed by atoms with Crippen LogP contribution in [0.2, 0.25) is 5.02 Å². The van der Waals surface area contributed by atoms with Gasteiger partial charge in [-0.05, 0) is 55.0 Å². The summed E-state index contributed by atoms with van der Waals surface area (Å²) in [4.78, 5) is 12.7. The lowest BCUT2D eigenvalue weighted by molar-refractivity contribution is 0.0987. The molecule has 0 aliphatic carbocycles. The molecule has 5 nitrogen and oxygen atoms in total. The molecule has 0 atom stereocenters. The van der Waals surface area contributed by atoms with Gasteiger partial charge < -0.3 is 4.57 Å². The molecular formula is C22H23ClN2O3S. The maximum atomic E-state index is 12.5. The van der Waals surface area contributed by atoms with Crippen LogP contribution in [0, 0.1) is 6.92 Å². The van der Waals surface area contributed by atoms with E-state index in [1.807, 2.05) is 36.6 Å². The number of rotatable bonds is 6. The van der Waals surface area contributed by atoms with Gasteiger partial charge >= 0.3 is 0 Å². The third-order valence-electron chi connectivity index (χ3n) is 4.88. The number of hydrogen-bond donors (Lipinski definition) is 0. The molecule has 3 rings (SSSR count). The van der Waals surface area contributed by atoms with Gasteiger partial charge in [0.2, 0.25) is 10.0 Å². The largest absolute Gasteiger partial charge is 0.313 e. The van der Waals surface area contributed by atoms with Crippen LogP contribution in [-0.4, -0.2) is 37.2 Å². The molecule has 0 radical (unpaired) electrons. The number of hydrogen-bond acceptors (Lipinski definition) is 3. The highest BCUT2D eigenvalue weighted by Crippen LogP contribution is 2.31. The number of nitrogens with zero attached hydrogens (tertiary/aromatic N) is 2. The maximum absolute atomic E-state index is 12.5. The molecular weight excluding hydrogens is 408 g/mol. The Morgan fingerprint density at radius 1 is 1.03 bits per heavy atom. The smallest absolute Gasteiger partial charge is 0.242 e.